The molecule has 0 saturated carbocycles. The zero-order valence-corrected chi connectivity index (χ0v) is 10.6. The Morgan fingerprint density at radius 3 is 2.67 bits per heavy atom. The van der Waals surface area contributed by atoms with Crippen molar-refractivity contribution in [1.29, 1.82) is 0 Å². The Hall–Kier alpha value is -0.490. The van der Waals surface area contributed by atoms with Crippen LogP contribution in [0.5, 0.6) is 0 Å². The van der Waals surface area contributed by atoms with E-state index in [1.54, 1.807) is 0 Å². The van der Waals surface area contributed by atoms with Crippen molar-refractivity contribution in [2.24, 2.45) is 5.92 Å². The lowest BCUT2D eigenvalue weighted by atomic mass is 9.92. The summed E-state index contributed by atoms with van der Waals surface area (Å²) in [6.45, 7) is 4.54. The first kappa shape index (κ1) is 12.6. The predicted molar refractivity (Wildman–Crippen MR) is 68.5 cm³/mol. The van der Waals surface area contributed by atoms with E-state index in [0.29, 0.717) is 0 Å². The largest absolute Gasteiger partial charge is 0.0843 e. The Bertz CT molecular complexity index is 280. The Labute approximate surface area is 98.7 Å². The predicted octanol–water partition coefficient (Wildman–Crippen LogP) is 5.10. The van der Waals surface area contributed by atoms with Crippen molar-refractivity contribution >= 4 is 11.6 Å². The molecule has 15 heavy (non-hydrogen) atoms. The number of halogens is 1. The quantitative estimate of drug-likeness (QED) is 0.631. The van der Waals surface area contributed by atoms with Crippen molar-refractivity contribution in [2.45, 2.75) is 46.0 Å². The van der Waals surface area contributed by atoms with E-state index < -0.39 is 0 Å². The summed E-state index contributed by atoms with van der Waals surface area (Å²) in [6.07, 6.45) is 6.44. The zero-order chi connectivity index (χ0) is 11.1. The lowest BCUT2D eigenvalue weighted by Crippen LogP contribution is -2.03. The van der Waals surface area contributed by atoms with Crippen LogP contribution in [-0.2, 0) is 6.42 Å². The van der Waals surface area contributed by atoms with Gasteiger partial charge in [-0.15, -0.1) is 0 Å². The molecule has 1 unspecified atom stereocenters. The molecule has 0 aliphatic carbocycles. The minimum absolute atomic E-state index is 0.823. The van der Waals surface area contributed by atoms with Gasteiger partial charge in [-0.05, 0) is 30.0 Å². The maximum absolute atomic E-state index is 5.98. The molecular formula is C14H21Cl. The molecule has 84 valence electrons. The van der Waals surface area contributed by atoms with Crippen LogP contribution in [0, 0.1) is 5.92 Å². The third kappa shape index (κ3) is 4.70. The molecule has 0 saturated heterocycles. The van der Waals surface area contributed by atoms with Gasteiger partial charge >= 0.3 is 0 Å². The second kappa shape index (κ2) is 6.90. The van der Waals surface area contributed by atoms with Crippen LogP contribution in [0.25, 0.3) is 0 Å². The molecule has 0 bridgehead atoms. The van der Waals surface area contributed by atoms with Crippen LogP contribution in [0.2, 0.25) is 5.02 Å². The number of unbranched alkanes of at least 4 members (excludes halogenated alkanes) is 1. The molecule has 0 N–H and O–H groups in total. The van der Waals surface area contributed by atoms with Crippen molar-refractivity contribution in [1.82, 2.24) is 0 Å². The lowest BCUT2D eigenvalue weighted by Gasteiger charge is -2.14. The van der Waals surface area contributed by atoms with Crippen molar-refractivity contribution in [2.75, 3.05) is 0 Å². The van der Waals surface area contributed by atoms with Crippen LogP contribution in [0.15, 0.2) is 24.3 Å². The Morgan fingerprint density at radius 1 is 1.27 bits per heavy atom. The normalized spacial score (nSPS) is 12.7. The molecule has 0 aliphatic heterocycles. The van der Waals surface area contributed by atoms with Gasteiger partial charge in [-0.1, -0.05) is 63.3 Å². The molecule has 0 amide bonds. The van der Waals surface area contributed by atoms with E-state index in [1.165, 1.54) is 37.7 Å². The molecule has 0 aliphatic rings. The molecule has 1 heteroatoms. The first-order valence-corrected chi connectivity index (χ1v) is 6.38. The average molecular weight is 225 g/mol. The maximum Gasteiger partial charge on any atom is 0.0408 e. The topological polar surface area (TPSA) is 0 Å². The van der Waals surface area contributed by atoms with Gasteiger partial charge in [0, 0.05) is 5.02 Å². The molecule has 1 atom stereocenters. The number of hydrogen-bond acceptors (Lipinski definition) is 0. The molecule has 0 fully saturated rings. The van der Waals surface area contributed by atoms with E-state index in [2.05, 4.69) is 26.0 Å². The summed E-state index contributed by atoms with van der Waals surface area (Å²) in [5.74, 6) is 0.823. The molecule has 0 aromatic heterocycles. The molecule has 0 heterocycles. The fourth-order valence-corrected chi connectivity index (χ4v) is 2.15. The van der Waals surface area contributed by atoms with Gasteiger partial charge in [0.15, 0.2) is 0 Å². The van der Waals surface area contributed by atoms with Gasteiger partial charge in [-0.25, -0.2) is 0 Å². The molecule has 0 radical (unpaired) electrons. The third-order valence-corrected chi connectivity index (χ3v) is 3.19. The highest BCUT2D eigenvalue weighted by Gasteiger charge is 2.06. The third-order valence-electron chi connectivity index (χ3n) is 2.96. The maximum atomic E-state index is 5.98. The summed E-state index contributed by atoms with van der Waals surface area (Å²) in [6, 6.07) is 8.26. The van der Waals surface area contributed by atoms with Gasteiger partial charge in [0.05, 0.1) is 0 Å². The van der Waals surface area contributed by atoms with Gasteiger partial charge in [0.25, 0.3) is 0 Å². The minimum Gasteiger partial charge on any atom is -0.0843 e. The van der Waals surface area contributed by atoms with Crippen molar-refractivity contribution in [3.05, 3.63) is 34.9 Å². The highest BCUT2D eigenvalue weighted by atomic mass is 35.5. The van der Waals surface area contributed by atoms with Crippen LogP contribution in [0.3, 0.4) is 0 Å². The van der Waals surface area contributed by atoms with Gasteiger partial charge in [-0.3, -0.25) is 0 Å². The summed E-state index contributed by atoms with van der Waals surface area (Å²) in [5.41, 5.74) is 1.38. The highest BCUT2D eigenvalue weighted by molar-refractivity contribution is 6.30. The van der Waals surface area contributed by atoms with Crippen molar-refractivity contribution in [3.63, 3.8) is 0 Å². The van der Waals surface area contributed by atoms with E-state index in [-0.39, 0.29) is 0 Å². The fraction of sp³-hybridized carbons (Fsp3) is 0.571. The summed E-state index contributed by atoms with van der Waals surface area (Å²) >= 11 is 5.98. The Morgan fingerprint density at radius 2 is 2.07 bits per heavy atom. The molecule has 1 aromatic rings. The second-order valence-corrected chi connectivity index (χ2v) is 4.69. The van der Waals surface area contributed by atoms with Gasteiger partial charge < -0.3 is 0 Å². The number of rotatable bonds is 6. The lowest BCUT2D eigenvalue weighted by molar-refractivity contribution is 0.449. The molecule has 0 spiro atoms. The molecule has 1 rings (SSSR count). The first-order valence-electron chi connectivity index (χ1n) is 6.00. The molecule has 1 aromatic carbocycles. The highest BCUT2D eigenvalue weighted by Crippen LogP contribution is 2.20. The van der Waals surface area contributed by atoms with Crippen LogP contribution >= 0.6 is 11.6 Å². The summed E-state index contributed by atoms with van der Waals surface area (Å²) in [4.78, 5) is 0. The van der Waals surface area contributed by atoms with Crippen LogP contribution in [-0.4, -0.2) is 0 Å². The smallest absolute Gasteiger partial charge is 0.0408 e. The van der Waals surface area contributed by atoms with Crippen molar-refractivity contribution in [3.8, 4) is 0 Å². The SMILES string of the molecule is CCCCC(CC)Cc1cccc(Cl)c1. The van der Waals surface area contributed by atoms with E-state index in [1.807, 2.05) is 12.1 Å². The standard InChI is InChI=1S/C14H21Cl/c1-3-5-7-12(4-2)10-13-8-6-9-14(15)11-13/h6,8-9,11-12H,3-5,7,10H2,1-2H3. The summed E-state index contributed by atoms with van der Waals surface area (Å²) in [5, 5.41) is 0.859. The van der Waals surface area contributed by atoms with Gasteiger partial charge in [-0.2, -0.15) is 0 Å². The summed E-state index contributed by atoms with van der Waals surface area (Å²) < 4.78 is 0. The van der Waals surface area contributed by atoms with Crippen LogP contribution < -0.4 is 0 Å². The van der Waals surface area contributed by atoms with E-state index in [0.717, 1.165) is 10.9 Å². The first-order chi connectivity index (χ1) is 7.26. The Balaban J connectivity index is 2.50. The van der Waals surface area contributed by atoms with E-state index in [9.17, 15) is 0 Å². The van der Waals surface area contributed by atoms with E-state index >= 15 is 0 Å². The zero-order valence-electron chi connectivity index (χ0n) is 9.80. The van der Waals surface area contributed by atoms with E-state index in [4.69, 9.17) is 11.6 Å². The average Bonchev–Trinajstić information content (AvgIpc) is 2.24. The van der Waals surface area contributed by atoms with Gasteiger partial charge in [0.2, 0.25) is 0 Å². The van der Waals surface area contributed by atoms with Gasteiger partial charge in [0.1, 0.15) is 0 Å². The van der Waals surface area contributed by atoms with Crippen LogP contribution in [0.1, 0.15) is 45.1 Å². The Kier molecular flexibility index (Phi) is 5.78. The van der Waals surface area contributed by atoms with Crippen LogP contribution in [0.4, 0.5) is 0 Å². The molecule has 0 nitrogen and oxygen atoms in total. The number of hydrogen-bond donors (Lipinski definition) is 0. The molecular weight excluding hydrogens is 204 g/mol. The summed E-state index contributed by atoms with van der Waals surface area (Å²) in [7, 11) is 0. The monoisotopic (exact) mass is 224 g/mol. The minimum atomic E-state index is 0.823. The second-order valence-electron chi connectivity index (χ2n) is 4.25. The fourth-order valence-electron chi connectivity index (χ4n) is 1.94. The van der Waals surface area contributed by atoms with Crippen molar-refractivity contribution < 1.29 is 0 Å². The number of benzene rings is 1.